The number of carbonyl (C=O) groups excluding carboxylic acids is 1. The first kappa shape index (κ1) is 14.0. The number of aryl methyl sites for hydroxylation is 2. The molecule has 0 saturated heterocycles. The maximum absolute atomic E-state index is 12.2. The predicted octanol–water partition coefficient (Wildman–Crippen LogP) is 0.724. The summed E-state index contributed by atoms with van der Waals surface area (Å²) in [5.74, 6) is 2.15. The Bertz CT molecular complexity index is 684. The Morgan fingerprint density at radius 2 is 2.35 bits per heavy atom. The van der Waals surface area contributed by atoms with Crippen molar-refractivity contribution in [2.45, 2.75) is 19.9 Å². The Balaban J connectivity index is 2.34. The predicted molar refractivity (Wildman–Crippen MR) is 74.4 cm³/mol. The van der Waals surface area contributed by atoms with Gasteiger partial charge in [0.1, 0.15) is 11.6 Å². The fourth-order valence-corrected chi connectivity index (χ4v) is 1.96. The molecule has 0 radical (unpaired) electrons. The Labute approximate surface area is 117 Å². The summed E-state index contributed by atoms with van der Waals surface area (Å²) in [5.41, 5.74) is 2.66. The number of hydrogen-bond acceptors (Lipinski definition) is 4. The summed E-state index contributed by atoms with van der Waals surface area (Å²) in [6, 6.07) is 1.42. The second-order valence-electron chi connectivity index (χ2n) is 4.48. The summed E-state index contributed by atoms with van der Waals surface area (Å²) in [4.78, 5) is 16.6. The molecule has 0 fully saturated rings. The molecule has 0 bridgehead atoms. The smallest absolute Gasteiger partial charge is 0.257 e. The van der Waals surface area contributed by atoms with Gasteiger partial charge in [-0.3, -0.25) is 4.79 Å². The average molecular weight is 272 g/mol. The third-order valence-electron chi connectivity index (χ3n) is 2.86. The van der Waals surface area contributed by atoms with Gasteiger partial charge >= 0.3 is 0 Å². The summed E-state index contributed by atoms with van der Waals surface area (Å²) in [5, 5.41) is 6.88. The summed E-state index contributed by atoms with van der Waals surface area (Å²) in [6.45, 7) is 4.04. The quantitative estimate of drug-likeness (QED) is 0.833. The molecular formula is C14H16N4O2. The number of amides is 1. The van der Waals surface area contributed by atoms with E-state index in [-0.39, 0.29) is 12.5 Å². The highest BCUT2D eigenvalue weighted by Crippen LogP contribution is 2.11. The fraction of sp³-hybridized carbons (Fsp3) is 0.357. The third-order valence-corrected chi connectivity index (χ3v) is 2.86. The van der Waals surface area contributed by atoms with E-state index in [1.54, 1.807) is 4.52 Å². The molecule has 0 aromatic carbocycles. The zero-order valence-electron chi connectivity index (χ0n) is 11.7. The summed E-state index contributed by atoms with van der Waals surface area (Å²) < 4.78 is 6.57. The second kappa shape index (κ2) is 5.72. The molecule has 104 valence electrons. The monoisotopic (exact) mass is 272 g/mol. The summed E-state index contributed by atoms with van der Waals surface area (Å²) in [6.07, 6.45) is 6.83. The number of aromatic nitrogens is 3. The van der Waals surface area contributed by atoms with Crippen LogP contribution in [0.4, 0.5) is 0 Å². The standard InChI is InChI=1S/C14H16N4O2/c1-5-11(8-20-4)17-14(19)12-7-15-18-10(3)6-9(2)16-13(12)18/h1,6-7,11H,8H2,2-4H3,(H,17,19)/t11-/m0/s1. The first-order chi connectivity index (χ1) is 9.56. The van der Waals surface area contributed by atoms with E-state index in [4.69, 9.17) is 11.2 Å². The SMILES string of the molecule is C#C[C@@H](COC)NC(=O)c1cnn2c(C)cc(C)nc12. The van der Waals surface area contributed by atoms with Gasteiger partial charge in [-0.1, -0.05) is 5.92 Å². The van der Waals surface area contributed by atoms with Crippen LogP contribution in [-0.2, 0) is 4.74 Å². The maximum atomic E-state index is 12.2. The van der Waals surface area contributed by atoms with Crippen molar-refractivity contribution in [3.05, 3.63) is 29.2 Å². The lowest BCUT2D eigenvalue weighted by Crippen LogP contribution is -2.36. The van der Waals surface area contributed by atoms with Crippen LogP contribution in [0.2, 0.25) is 0 Å². The highest BCUT2D eigenvalue weighted by molar-refractivity contribution is 6.00. The van der Waals surface area contributed by atoms with Gasteiger partial charge in [0.25, 0.3) is 5.91 Å². The molecule has 1 N–H and O–H groups in total. The number of fused-ring (bicyclic) bond motifs is 1. The van der Waals surface area contributed by atoms with Gasteiger partial charge in [-0.2, -0.15) is 5.10 Å². The zero-order valence-corrected chi connectivity index (χ0v) is 11.7. The Morgan fingerprint density at radius 3 is 3.00 bits per heavy atom. The van der Waals surface area contributed by atoms with E-state index < -0.39 is 6.04 Å². The molecule has 6 nitrogen and oxygen atoms in total. The maximum Gasteiger partial charge on any atom is 0.257 e. The number of methoxy groups -OCH3 is 1. The van der Waals surface area contributed by atoms with Crippen LogP contribution in [0.5, 0.6) is 0 Å². The third kappa shape index (κ3) is 2.63. The number of rotatable bonds is 4. The van der Waals surface area contributed by atoms with E-state index in [1.165, 1.54) is 13.3 Å². The van der Waals surface area contributed by atoms with Crippen molar-refractivity contribution in [1.82, 2.24) is 19.9 Å². The lowest BCUT2D eigenvalue weighted by Gasteiger charge is -2.11. The lowest BCUT2D eigenvalue weighted by atomic mass is 10.2. The minimum Gasteiger partial charge on any atom is -0.382 e. The topological polar surface area (TPSA) is 68.5 Å². The summed E-state index contributed by atoms with van der Waals surface area (Å²) >= 11 is 0. The molecule has 2 aromatic rings. The van der Waals surface area contributed by atoms with Gasteiger partial charge in [-0.25, -0.2) is 9.50 Å². The van der Waals surface area contributed by atoms with Gasteiger partial charge in [0.15, 0.2) is 5.65 Å². The van der Waals surface area contributed by atoms with Crippen molar-refractivity contribution in [2.75, 3.05) is 13.7 Å². The highest BCUT2D eigenvalue weighted by atomic mass is 16.5. The van der Waals surface area contributed by atoms with Gasteiger partial charge in [-0.05, 0) is 19.9 Å². The number of terminal acetylenes is 1. The van der Waals surface area contributed by atoms with Crippen molar-refractivity contribution < 1.29 is 9.53 Å². The molecule has 1 amide bonds. The molecule has 0 aliphatic rings. The van der Waals surface area contributed by atoms with Crippen LogP contribution >= 0.6 is 0 Å². The van der Waals surface area contributed by atoms with Crippen molar-refractivity contribution in [2.24, 2.45) is 0 Å². The Kier molecular flexibility index (Phi) is 4.01. The van der Waals surface area contributed by atoms with Crippen molar-refractivity contribution >= 4 is 11.6 Å². The molecule has 0 saturated carbocycles. The zero-order chi connectivity index (χ0) is 14.7. The molecule has 2 rings (SSSR count). The normalized spacial score (nSPS) is 12.1. The van der Waals surface area contributed by atoms with Gasteiger partial charge < -0.3 is 10.1 Å². The molecular weight excluding hydrogens is 256 g/mol. The van der Waals surface area contributed by atoms with Crippen LogP contribution in [0.15, 0.2) is 12.3 Å². The molecule has 0 aliphatic heterocycles. The minimum absolute atomic E-state index is 0.257. The van der Waals surface area contributed by atoms with E-state index >= 15 is 0 Å². The van der Waals surface area contributed by atoms with Crippen LogP contribution < -0.4 is 5.32 Å². The second-order valence-corrected chi connectivity index (χ2v) is 4.48. The molecule has 2 heterocycles. The number of nitrogens with one attached hydrogen (secondary N) is 1. The number of carbonyl (C=O) groups is 1. The van der Waals surface area contributed by atoms with Gasteiger partial charge in [-0.15, -0.1) is 6.42 Å². The molecule has 6 heteroatoms. The van der Waals surface area contributed by atoms with E-state index in [0.717, 1.165) is 11.4 Å². The van der Waals surface area contributed by atoms with E-state index in [2.05, 4.69) is 21.3 Å². The van der Waals surface area contributed by atoms with Gasteiger partial charge in [0.2, 0.25) is 0 Å². The van der Waals surface area contributed by atoms with Crippen LogP contribution in [-0.4, -0.2) is 40.3 Å². The molecule has 2 aromatic heterocycles. The average Bonchev–Trinajstić information content (AvgIpc) is 2.82. The van der Waals surface area contributed by atoms with Gasteiger partial charge in [0, 0.05) is 18.5 Å². The lowest BCUT2D eigenvalue weighted by molar-refractivity contribution is 0.0920. The number of nitrogens with zero attached hydrogens (tertiary/aromatic N) is 3. The van der Waals surface area contributed by atoms with Gasteiger partial charge in [0.05, 0.1) is 12.8 Å². The molecule has 1 atom stereocenters. The minimum atomic E-state index is -0.478. The number of hydrogen-bond donors (Lipinski definition) is 1. The first-order valence-electron chi connectivity index (χ1n) is 6.14. The largest absolute Gasteiger partial charge is 0.382 e. The van der Waals surface area contributed by atoms with Crippen molar-refractivity contribution in [3.8, 4) is 12.3 Å². The van der Waals surface area contributed by atoms with E-state index in [1.807, 2.05) is 19.9 Å². The van der Waals surface area contributed by atoms with E-state index in [9.17, 15) is 4.79 Å². The Morgan fingerprint density at radius 1 is 1.60 bits per heavy atom. The highest BCUT2D eigenvalue weighted by Gasteiger charge is 2.17. The first-order valence-corrected chi connectivity index (χ1v) is 6.14. The van der Waals surface area contributed by atoms with Crippen molar-refractivity contribution in [3.63, 3.8) is 0 Å². The summed E-state index contributed by atoms with van der Waals surface area (Å²) in [7, 11) is 1.53. The molecule has 20 heavy (non-hydrogen) atoms. The molecule has 0 unspecified atom stereocenters. The van der Waals surface area contributed by atoms with Crippen LogP contribution in [0.1, 0.15) is 21.7 Å². The van der Waals surface area contributed by atoms with Crippen LogP contribution in [0.3, 0.4) is 0 Å². The van der Waals surface area contributed by atoms with E-state index in [0.29, 0.717) is 11.2 Å². The van der Waals surface area contributed by atoms with Crippen molar-refractivity contribution in [1.29, 1.82) is 0 Å². The number of ether oxygens (including phenoxy) is 1. The van der Waals surface area contributed by atoms with Crippen LogP contribution in [0, 0.1) is 26.2 Å². The molecule has 0 aliphatic carbocycles. The fourth-order valence-electron chi connectivity index (χ4n) is 1.96. The molecule has 0 spiro atoms. The Hall–Kier alpha value is -2.39. The van der Waals surface area contributed by atoms with Crippen LogP contribution in [0.25, 0.3) is 5.65 Å².